The van der Waals surface area contributed by atoms with Crippen molar-refractivity contribution in [3.8, 4) is 11.1 Å². The van der Waals surface area contributed by atoms with Crippen molar-refractivity contribution in [2.45, 2.75) is 6.54 Å². The van der Waals surface area contributed by atoms with E-state index in [0.717, 1.165) is 0 Å². The zero-order valence-electron chi connectivity index (χ0n) is 18.8. The summed E-state index contributed by atoms with van der Waals surface area (Å²) in [5, 5.41) is 4.42. The number of carbonyl (C=O) groups is 1. The van der Waals surface area contributed by atoms with Crippen molar-refractivity contribution in [1.82, 2.24) is 4.57 Å². The number of halogens is 3. The van der Waals surface area contributed by atoms with Crippen molar-refractivity contribution >= 4 is 45.7 Å². The summed E-state index contributed by atoms with van der Waals surface area (Å²) in [5.41, 5.74) is 2.29. The summed E-state index contributed by atoms with van der Waals surface area (Å²) in [5.74, 6) is -0.981. The highest BCUT2D eigenvalue weighted by Gasteiger charge is 2.24. The Morgan fingerprint density at radius 3 is 2.28 bits per heavy atom. The van der Waals surface area contributed by atoms with Crippen LogP contribution in [0.3, 0.4) is 0 Å². The third kappa shape index (κ3) is 4.76. The van der Waals surface area contributed by atoms with Gasteiger partial charge < -0.3 is 9.88 Å². The van der Waals surface area contributed by atoms with E-state index in [2.05, 4.69) is 5.32 Å². The summed E-state index contributed by atoms with van der Waals surface area (Å²) in [6.45, 7) is 0.0744. The van der Waals surface area contributed by atoms with E-state index in [1.54, 1.807) is 54.6 Å². The minimum Gasteiger partial charge on any atom is -0.322 e. The third-order valence-corrected chi connectivity index (χ3v) is 6.34. The summed E-state index contributed by atoms with van der Waals surface area (Å²) >= 11 is 12.4. The van der Waals surface area contributed by atoms with Crippen molar-refractivity contribution in [3.05, 3.63) is 134 Å². The van der Waals surface area contributed by atoms with Crippen LogP contribution in [0.2, 0.25) is 10.0 Å². The topological polar surface area (TPSA) is 51.1 Å². The molecule has 4 nitrogen and oxygen atoms in total. The van der Waals surface area contributed by atoms with Gasteiger partial charge in [-0.05, 0) is 65.7 Å². The Kier molecular flexibility index (Phi) is 6.59. The summed E-state index contributed by atoms with van der Waals surface area (Å²) < 4.78 is 15.4. The number of benzene rings is 4. The van der Waals surface area contributed by atoms with Crippen molar-refractivity contribution in [2.75, 3.05) is 5.32 Å². The standard InChI is InChI=1S/C29H19Cl2FN2O2/c30-20-9-12-23(13-10-20)33-28(35)27-26(19-6-2-1-3-7-19)24-16-21(31)11-14-25(24)34(29(27)36)17-18-5-4-8-22(32)15-18/h1-16H,17H2,(H,33,35). The van der Waals surface area contributed by atoms with Gasteiger partial charge in [-0.3, -0.25) is 9.59 Å². The van der Waals surface area contributed by atoms with Crippen molar-refractivity contribution < 1.29 is 9.18 Å². The lowest BCUT2D eigenvalue weighted by molar-refractivity contribution is 0.102. The molecule has 178 valence electrons. The first-order valence-electron chi connectivity index (χ1n) is 11.1. The third-order valence-electron chi connectivity index (χ3n) is 5.85. The molecular weight excluding hydrogens is 498 g/mol. The van der Waals surface area contributed by atoms with E-state index in [9.17, 15) is 14.0 Å². The van der Waals surface area contributed by atoms with Crippen molar-refractivity contribution in [3.63, 3.8) is 0 Å². The lowest BCUT2D eigenvalue weighted by atomic mass is 9.95. The molecule has 7 heteroatoms. The van der Waals surface area contributed by atoms with Crippen LogP contribution in [0.4, 0.5) is 10.1 Å². The lowest BCUT2D eigenvalue weighted by Gasteiger charge is -2.19. The van der Waals surface area contributed by atoms with E-state index in [4.69, 9.17) is 23.2 Å². The molecule has 0 fully saturated rings. The number of pyridine rings is 1. The molecule has 0 radical (unpaired) electrons. The molecule has 0 aliphatic heterocycles. The molecule has 5 rings (SSSR count). The number of carbonyl (C=O) groups excluding carboxylic acids is 1. The predicted molar refractivity (Wildman–Crippen MR) is 144 cm³/mol. The highest BCUT2D eigenvalue weighted by atomic mass is 35.5. The number of fused-ring (bicyclic) bond motifs is 1. The molecule has 0 saturated carbocycles. The summed E-state index contributed by atoms with van der Waals surface area (Å²) in [4.78, 5) is 27.6. The number of nitrogens with one attached hydrogen (secondary N) is 1. The quantitative estimate of drug-likeness (QED) is 0.264. The number of hydrogen-bond donors (Lipinski definition) is 1. The van der Waals surface area contributed by atoms with Gasteiger partial charge in [0.15, 0.2) is 0 Å². The fourth-order valence-electron chi connectivity index (χ4n) is 4.25. The van der Waals surface area contributed by atoms with Gasteiger partial charge >= 0.3 is 0 Å². The normalized spacial score (nSPS) is 11.0. The highest BCUT2D eigenvalue weighted by Crippen LogP contribution is 2.33. The van der Waals surface area contributed by atoms with Crippen LogP contribution in [-0.4, -0.2) is 10.5 Å². The van der Waals surface area contributed by atoms with Crippen LogP contribution < -0.4 is 10.9 Å². The predicted octanol–water partition coefficient (Wildman–Crippen LogP) is 7.42. The van der Waals surface area contributed by atoms with Gasteiger partial charge in [0, 0.05) is 26.7 Å². The Labute approximate surface area is 216 Å². The van der Waals surface area contributed by atoms with Gasteiger partial charge in [-0.1, -0.05) is 65.7 Å². The Hall–Kier alpha value is -3.93. The van der Waals surface area contributed by atoms with Gasteiger partial charge in [0.1, 0.15) is 11.4 Å². The van der Waals surface area contributed by atoms with Gasteiger partial charge in [-0.25, -0.2) is 4.39 Å². The molecule has 0 unspecified atom stereocenters. The van der Waals surface area contributed by atoms with E-state index in [1.807, 2.05) is 30.3 Å². The van der Waals surface area contributed by atoms with Crippen LogP contribution in [0.5, 0.6) is 0 Å². The Morgan fingerprint density at radius 1 is 0.833 bits per heavy atom. The molecule has 1 heterocycles. The van der Waals surface area contributed by atoms with E-state index < -0.39 is 17.3 Å². The molecule has 0 bridgehead atoms. The van der Waals surface area contributed by atoms with E-state index in [-0.39, 0.29) is 12.1 Å². The fourth-order valence-corrected chi connectivity index (χ4v) is 4.54. The Balaban J connectivity index is 1.78. The molecule has 36 heavy (non-hydrogen) atoms. The van der Waals surface area contributed by atoms with Crippen LogP contribution in [0, 0.1) is 5.82 Å². The molecule has 0 aliphatic rings. The van der Waals surface area contributed by atoms with Gasteiger partial charge in [0.25, 0.3) is 11.5 Å². The number of rotatable bonds is 5. The maximum absolute atomic E-state index is 14.0. The molecule has 1 aromatic heterocycles. The van der Waals surface area contributed by atoms with Crippen molar-refractivity contribution in [2.24, 2.45) is 0 Å². The first-order valence-corrected chi connectivity index (χ1v) is 11.9. The van der Waals surface area contributed by atoms with Crippen LogP contribution in [0.1, 0.15) is 15.9 Å². The van der Waals surface area contributed by atoms with E-state index >= 15 is 0 Å². The van der Waals surface area contributed by atoms with Gasteiger partial charge in [0.2, 0.25) is 0 Å². The molecule has 5 aromatic rings. The zero-order valence-corrected chi connectivity index (χ0v) is 20.4. The van der Waals surface area contributed by atoms with Gasteiger partial charge in [-0.2, -0.15) is 0 Å². The van der Waals surface area contributed by atoms with Gasteiger partial charge in [-0.15, -0.1) is 0 Å². The van der Waals surface area contributed by atoms with E-state index in [1.165, 1.54) is 16.7 Å². The number of nitrogens with zero attached hydrogens (tertiary/aromatic N) is 1. The second-order valence-corrected chi connectivity index (χ2v) is 9.13. The monoisotopic (exact) mass is 516 g/mol. The number of aromatic nitrogens is 1. The van der Waals surface area contributed by atoms with Crippen LogP contribution >= 0.6 is 23.2 Å². The fraction of sp³-hybridized carbons (Fsp3) is 0.0345. The number of hydrogen-bond acceptors (Lipinski definition) is 2. The van der Waals surface area contributed by atoms with Crippen LogP contribution in [0.15, 0.2) is 102 Å². The molecule has 1 amide bonds. The minimum absolute atomic E-state index is 0.0395. The Morgan fingerprint density at radius 2 is 1.56 bits per heavy atom. The smallest absolute Gasteiger partial charge is 0.264 e. The maximum atomic E-state index is 14.0. The second-order valence-electron chi connectivity index (χ2n) is 8.26. The first kappa shape index (κ1) is 23.8. The lowest BCUT2D eigenvalue weighted by Crippen LogP contribution is -2.31. The van der Waals surface area contributed by atoms with Crippen LogP contribution in [0.25, 0.3) is 22.0 Å². The van der Waals surface area contributed by atoms with Crippen molar-refractivity contribution in [1.29, 1.82) is 0 Å². The van der Waals surface area contributed by atoms with Crippen LogP contribution in [-0.2, 0) is 6.54 Å². The minimum atomic E-state index is -0.573. The largest absolute Gasteiger partial charge is 0.322 e. The molecule has 0 saturated heterocycles. The summed E-state index contributed by atoms with van der Waals surface area (Å²) in [6.07, 6.45) is 0. The number of amides is 1. The second kappa shape index (κ2) is 9.97. The Bertz CT molecular complexity index is 1650. The summed E-state index contributed by atoms with van der Waals surface area (Å²) in [6, 6.07) is 27.0. The SMILES string of the molecule is O=C(Nc1ccc(Cl)cc1)c1c(-c2ccccc2)c2cc(Cl)ccc2n(Cc2cccc(F)c2)c1=O. The van der Waals surface area contributed by atoms with E-state index in [0.29, 0.717) is 43.3 Å². The molecule has 4 aromatic carbocycles. The average molecular weight is 517 g/mol. The molecular formula is C29H19Cl2FN2O2. The maximum Gasteiger partial charge on any atom is 0.264 e. The molecule has 0 spiro atoms. The molecule has 1 N–H and O–H groups in total. The first-order chi connectivity index (χ1) is 17.4. The van der Waals surface area contributed by atoms with Gasteiger partial charge in [0.05, 0.1) is 12.1 Å². The summed E-state index contributed by atoms with van der Waals surface area (Å²) in [7, 11) is 0. The zero-order chi connectivity index (χ0) is 25.2. The molecule has 0 atom stereocenters. The molecule has 0 aliphatic carbocycles. The number of anilines is 1. The highest BCUT2D eigenvalue weighted by molar-refractivity contribution is 6.31. The average Bonchev–Trinajstić information content (AvgIpc) is 2.87.